The number of phenolic OH excluding ortho intramolecular Hbond substituents is 1. The molecule has 0 spiro atoms. The summed E-state index contributed by atoms with van der Waals surface area (Å²) in [5.41, 5.74) is 1.21. The number of carbonyl (C=O) groups is 2. The van der Waals surface area contributed by atoms with Gasteiger partial charge in [-0.05, 0) is 49.1 Å². The number of imide groups is 1. The third-order valence-electron chi connectivity index (χ3n) is 7.20. The van der Waals surface area contributed by atoms with E-state index in [1.807, 2.05) is 13.0 Å². The van der Waals surface area contributed by atoms with E-state index >= 15 is 0 Å². The second-order valence-corrected chi connectivity index (χ2v) is 9.13. The predicted octanol–water partition coefficient (Wildman–Crippen LogP) is 4.05. The fourth-order valence-electron chi connectivity index (χ4n) is 5.75. The number of anilines is 1. The molecule has 2 aromatic carbocycles. The molecule has 6 nitrogen and oxygen atoms in total. The maximum absolute atomic E-state index is 13.5. The van der Waals surface area contributed by atoms with Crippen molar-refractivity contribution in [1.82, 2.24) is 0 Å². The molecule has 2 amide bonds. The molecule has 2 aliphatic heterocycles. The topological polar surface area (TPSA) is 87.1 Å². The molecule has 6 atom stereocenters. The number of phenols is 1. The van der Waals surface area contributed by atoms with Crippen molar-refractivity contribution in [3.63, 3.8) is 0 Å². The number of halogens is 1. The molecule has 0 radical (unpaired) electrons. The lowest BCUT2D eigenvalue weighted by atomic mass is 9.64. The van der Waals surface area contributed by atoms with E-state index in [0.29, 0.717) is 35.5 Å². The Morgan fingerprint density at radius 2 is 1.87 bits per heavy atom. The lowest BCUT2D eigenvalue weighted by Crippen LogP contribution is -2.53. The molecule has 5 rings (SSSR count). The Balaban J connectivity index is 1.53. The molecular weight excluding hydrogens is 418 g/mol. The normalized spacial score (nSPS) is 34.7. The molecule has 162 valence electrons. The molecule has 3 aliphatic rings. The van der Waals surface area contributed by atoms with Crippen LogP contribution in [-0.2, 0) is 14.3 Å². The summed E-state index contributed by atoms with van der Waals surface area (Å²) >= 11 is 6.34. The molecular formula is C24H24ClNO5. The monoisotopic (exact) mass is 441 g/mol. The highest BCUT2D eigenvalue weighted by Gasteiger charge is 2.66. The van der Waals surface area contributed by atoms with E-state index in [0.717, 1.165) is 0 Å². The number of para-hydroxylation sites is 1. The first-order valence-corrected chi connectivity index (χ1v) is 11.0. The number of hydrogen-bond acceptors (Lipinski definition) is 5. The smallest absolute Gasteiger partial charge is 0.238 e. The highest BCUT2D eigenvalue weighted by atomic mass is 35.5. The van der Waals surface area contributed by atoms with E-state index in [2.05, 4.69) is 0 Å². The average molecular weight is 442 g/mol. The van der Waals surface area contributed by atoms with Crippen molar-refractivity contribution < 1.29 is 24.5 Å². The second kappa shape index (κ2) is 7.33. The number of aromatic hydroxyl groups is 1. The molecule has 0 bridgehead atoms. The molecule has 2 N–H and O–H groups in total. The predicted molar refractivity (Wildman–Crippen MR) is 114 cm³/mol. The van der Waals surface area contributed by atoms with Gasteiger partial charge in [-0.1, -0.05) is 42.8 Å². The van der Waals surface area contributed by atoms with Gasteiger partial charge in [0.25, 0.3) is 0 Å². The van der Waals surface area contributed by atoms with Crippen LogP contribution in [0.2, 0.25) is 5.02 Å². The van der Waals surface area contributed by atoms with Crippen LogP contribution in [-0.4, -0.2) is 27.8 Å². The van der Waals surface area contributed by atoms with E-state index in [1.165, 1.54) is 17.0 Å². The van der Waals surface area contributed by atoms with E-state index in [1.54, 1.807) is 30.3 Å². The molecule has 1 aliphatic carbocycles. The van der Waals surface area contributed by atoms with Crippen molar-refractivity contribution in [3.05, 3.63) is 59.1 Å². The van der Waals surface area contributed by atoms with E-state index in [4.69, 9.17) is 16.3 Å². The molecule has 0 aromatic heterocycles. The van der Waals surface area contributed by atoms with E-state index in [9.17, 15) is 19.8 Å². The summed E-state index contributed by atoms with van der Waals surface area (Å²) < 4.78 is 6.20. The first kappa shape index (κ1) is 20.5. The van der Waals surface area contributed by atoms with E-state index < -0.39 is 29.6 Å². The number of rotatable bonds is 3. The van der Waals surface area contributed by atoms with Crippen LogP contribution in [0.4, 0.5) is 5.69 Å². The van der Waals surface area contributed by atoms with Crippen LogP contribution in [0.3, 0.4) is 0 Å². The summed E-state index contributed by atoms with van der Waals surface area (Å²) in [5, 5.41) is 21.7. The Bertz CT molecular complexity index is 1040. The van der Waals surface area contributed by atoms with Gasteiger partial charge in [-0.3, -0.25) is 14.5 Å². The zero-order chi connectivity index (χ0) is 21.9. The van der Waals surface area contributed by atoms with Crippen LogP contribution in [0, 0.1) is 23.7 Å². The van der Waals surface area contributed by atoms with Gasteiger partial charge in [-0.2, -0.15) is 0 Å². The number of hydrogen-bond donors (Lipinski definition) is 2. The number of carbonyl (C=O) groups excluding carboxylic acids is 2. The summed E-state index contributed by atoms with van der Waals surface area (Å²) in [5.74, 6) is -3.84. The summed E-state index contributed by atoms with van der Waals surface area (Å²) in [6, 6.07) is 13.6. The van der Waals surface area contributed by atoms with Crippen molar-refractivity contribution in [1.29, 1.82) is 0 Å². The highest BCUT2D eigenvalue weighted by molar-refractivity contribution is 6.31. The fourth-order valence-corrected chi connectivity index (χ4v) is 6.05. The molecule has 1 saturated carbocycles. The maximum Gasteiger partial charge on any atom is 0.238 e. The number of nitrogens with zero attached hydrogens (tertiary/aromatic N) is 1. The van der Waals surface area contributed by atoms with Crippen LogP contribution in [0.25, 0.3) is 0 Å². The summed E-state index contributed by atoms with van der Waals surface area (Å²) in [6.45, 7) is 1.96. The highest BCUT2D eigenvalue weighted by Crippen LogP contribution is 2.59. The van der Waals surface area contributed by atoms with Gasteiger partial charge in [0.05, 0.1) is 28.6 Å². The van der Waals surface area contributed by atoms with Gasteiger partial charge >= 0.3 is 0 Å². The Morgan fingerprint density at radius 3 is 2.55 bits per heavy atom. The van der Waals surface area contributed by atoms with Crippen molar-refractivity contribution in [2.45, 2.75) is 38.1 Å². The third kappa shape index (κ3) is 3.00. The third-order valence-corrected chi connectivity index (χ3v) is 7.53. The SMILES string of the molecule is CC[C@H]1C[C@@H]2C(=O)N(c3ccccc3)C(=O)[C@@H]2[C@@H]2C[C@@H](c3ccc(O)cc3Cl)O[C@]12O. The minimum atomic E-state index is -1.51. The maximum atomic E-state index is 13.5. The zero-order valence-corrected chi connectivity index (χ0v) is 17.8. The molecule has 2 aromatic rings. The van der Waals surface area contributed by atoms with Gasteiger partial charge in [0.15, 0.2) is 5.79 Å². The molecule has 31 heavy (non-hydrogen) atoms. The van der Waals surface area contributed by atoms with Crippen molar-refractivity contribution in [2.75, 3.05) is 4.90 Å². The van der Waals surface area contributed by atoms with Crippen LogP contribution in [0.1, 0.15) is 37.9 Å². The molecule has 7 heteroatoms. The Kier molecular flexibility index (Phi) is 4.84. The standard InChI is InChI=1S/C24H24ClNO5/c1-2-13-10-17-21(23(29)26(22(17)28)14-6-4-3-5-7-14)18-12-20(31-24(13,18)30)16-9-8-15(27)11-19(16)25/h3-9,11,13,17-18,20-21,27,30H,2,10,12H2,1H3/t13-,17-,18-,20-,21-,24+/m0/s1. The Labute approximate surface area is 185 Å². The zero-order valence-electron chi connectivity index (χ0n) is 17.1. The van der Waals surface area contributed by atoms with Gasteiger partial charge in [0, 0.05) is 11.8 Å². The summed E-state index contributed by atoms with van der Waals surface area (Å²) in [4.78, 5) is 28.0. The van der Waals surface area contributed by atoms with Crippen molar-refractivity contribution >= 4 is 29.1 Å². The van der Waals surface area contributed by atoms with Crippen LogP contribution in [0.15, 0.2) is 48.5 Å². The molecule has 0 unspecified atom stereocenters. The number of aliphatic hydroxyl groups is 1. The van der Waals surface area contributed by atoms with Gasteiger partial charge in [-0.15, -0.1) is 0 Å². The first-order chi connectivity index (χ1) is 14.8. The number of fused-ring (bicyclic) bond motifs is 3. The largest absolute Gasteiger partial charge is 0.508 e. The fraction of sp³-hybridized carbons (Fsp3) is 0.417. The number of amides is 2. The van der Waals surface area contributed by atoms with Crippen LogP contribution < -0.4 is 4.90 Å². The quantitative estimate of drug-likeness (QED) is 0.702. The van der Waals surface area contributed by atoms with E-state index in [-0.39, 0.29) is 23.5 Å². The van der Waals surface area contributed by atoms with Crippen molar-refractivity contribution in [3.8, 4) is 5.75 Å². The number of ether oxygens (including phenoxy) is 1. The van der Waals surface area contributed by atoms with Crippen molar-refractivity contribution in [2.24, 2.45) is 23.7 Å². The molecule has 3 fully saturated rings. The van der Waals surface area contributed by atoms with Gasteiger partial charge in [0.2, 0.25) is 11.8 Å². The van der Waals surface area contributed by atoms with Crippen LogP contribution >= 0.6 is 11.6 Å². The minimum absolute atomic E-state index is 0.0458. The molecule has 2 saturated heterocycles. The van der Waals surface area contributed by atoms with Crippen LogP contribution in [0.5, 0.6) is 5.75 Å². The summed E-state index contributed by atoms with van der Waals surface area (Å²) in [6.07, 6.45) is 0.877. The molecule has 2 heterocycles. The Morgan fingerprint density at radius 1 is 1.13 bits per heavy atom. The average Bonchev–Trinajstić information content (AvgIpc) is 3.22. The van der Waals surface area contributed by atoms with Gasteiger partial charge in [-0.25, -0.2) is 0 Å². The second-order valence-electron chi connectivity index (χ2n) is 8.73. The van der Waals surface area contributed by atoms with Gasteiger partial charge < -0.3 is 14.9 Å². The lowest BCUT2D eigenvalue weighted by molar-refractivity contribution is -0.269. The number of benzene rings is 2. The first-order valence-electron chi connectivity index (χ1n) is 10.7. The summed E-state index contributed by atoms with van der Waals surface area (Å²) in [7, 11) is 0. The lowest BCUT2D eigenvalue weighted by Gasteiger charge is -2.44. The minimum Gasteiger partial charge on any atom is -0.508 e. The Hall–Kier alpha value is -2.41. The van der Waals surface area contributed by atoms with Gasteiger partial charge in [0.1, 0.15) is 5.75 Å².